The van der Waals surface area contributed by atoms with Gasteiger partial charge in [0, 0.05) is 7.05 Å². The fraction of sp³-hybridized carbons (Fsp3) is 0.529. The average molecular weight is 307 g/mol. The number of benzene rings is 1. The van der Waals surface area contributed by atoms with Crippen molar-refractivity contribution in [2.24, 2.45) is 0 Å². The molecule has 0 aliphatic carbocycles. The minimum Gasteiger partial charge on any atom is -0.497 e. The number of hydrogen-bond acceptors (Lipinski definition) is 4. The van der Waals surface area contributed by atoms with Crippen LogP contribution in [-0.4, -0.2) is 37.0 Å². The number of carbonyl (C=O) groups excluding carboxylic acids is 2. The Morgan fingerprint density at radius 1 is 1.23 bits per heavy atom. The van der Waals surface area contributed by atoms with Crippen LogP contribution >= 0.6 is 0 Å². The largest absolute Gasteiger partial charge is 0.497 e. The first kappa shape index (κ1) is 18.0. The van der Waals surface area contributed by atoms with Gasteiger partial charge in [0.1, 0.15) is 23.2 Å². The van der Waals surface area contributed by atoms with Crippen molar-refractivity contribution in [3.63, 3.8) is 0 Å². The molecule has 1 aromatic rings. The van der Waals surface area contributed by atoms with Crippen LogP contribution in [-0.2, 0) is 15.1 Å². The molecule has 1 aromatic carbocycles. The van der Waals surface area contributed by atoms with E-state index in [1.807, 2.05) is 13.0 Å². The summed E-state index contributed by atoms with van der Waals surface area (Å²) in [6, 6.07) is 5.40. The van der Waals surface area contributed by atoms with Crippen molar-refractivity contribution < 1.29 is 19.1 Å². The van der Waals surface area contributed by atoms with Crippen LogP contribution in [0.15, 0.2) is 18.2 Å². The van der Waals surface area contributed by atoms with Crippen molar-refractivity contribution in [2.45, 2.75) is 45.8 Å². The minimum atomic E-state index is -1.11. The van der Waals surface area contributed by atoms with Gasteiger partial charge in [-0.15, -0.1) is 0 Å². The monoisotopic (exact) mass is 307 g/mol. The van der Waals surface area contributed by atoms with Gasteiger partial charge in [-0.25, -0.2) is 4.79 Å². The van der Waals surface area contributed by atoms with Crippen molar-refractivity contribution >= 4 is 12.4 Å². The summed E-state index contributed by atoms with van der Waals surface area (Å²) in [5.74, 6) is 0.703. The Bertz CT molecular complexity index is 562. The van der Waals surface area contributed by atoms with E-state index in [1.165, 1.54) is 4.90 Å². The highest BCUT2D eigenvalue weighted by atomic mass is 16.6. The third-order valence-electron chi connectivity index (χ3n) is 3.57. The van der Waals surface area contributed by atoms with E-state index >= 15 is 0 Å². The number of amides is 1. The molecule has 122 valence electrons. The molecule has 0 saturated heterocycles. The molecular weight excluding hydrogens is 282 g/mol. The lowest BCUT2D eigenvalue weighted by Crippen LogP contribution is -2.48. The molecular formula is C17H25NO4. The molecule has 5 nitrogen and oxygen atoms in total. The number of rotatable bonds is 4. The Labute approximate surface area is 132 Å². The highest BCUT2D eigenvalue weighted by Gasteiger charge is 2.37. The number of aryl methyl sites for hydroxylation is 1. The van der Waals surface area contributed by atoms with Gasteiger partial charge in [0.25, 0.3) is 0 Å². The lowest BCUT2D eigenvalue weighted by Gasteiger charge is -2.36. The Morgan fingerprint density at radius 3 is 2.23 bits per heavy atom. The molecule has 0 aliphatic rings. The Kier molecular flexibility index (Phi) is 5.22. The van der Waals surface area contributed by atoms with E-state index in [0.29, 0.717) is 5.75 Å². The number of hydrogen-bond donors (Lipinski definition) is 0. The van der Waals surface area contributed by atoms with Crippen LogP contribution in [0.5, 0.6) is 5.75 Å². The summed E-state index contributed by atoms with van der Waals surface area (Å²) in [6.07, 6.45) is 0.212. The molecule has 0 fully saturated rings. The lowest BCUT2D eigenvalue weighted by atomic mass is 9.88. The van der Waals surface area contributed by atoms with Crippen molar-refractivity contribution in [1.29, 1.82) is 0 Å². The summed E-state index contributed by atoms with van der Waals surface area (Å²) in [7, 11) is 3.15. The predicted molar refractivity (Wildman–Crippen MR) is 85.1 cm³/mol. The molecule has 0 bridgehead atoms. The third kappa shape index (κ3) is 3.78. The minimum absolute atomic E-state index is 0.544. The molecule has 0 heterocycles. The normalized spacial score (nSPS) is 14.0. The highest BCUT2D eigenvalue weighted by molar-refractivity contribution is 5.78. The van der Waals surface area contributed by atoms with Gasteiger partial charge >= 0.3 is 6.09 Å². The molecule has 5 heteroatoms. The quantitative estimate of drug-likeness (QED) is 0.801. The number of methoxy groups -OCH3 is 1. The lowest BCUT2D eigenvalue weighted by molar-refractivity contribution is -0.117. The molecule has 22 heavy (non-hydrogen) atoms. The van der Waals surface area contributed by atoms with Gasteiger partial charge in [0.05, 0.1) is 7.11 Å². The first-order chi connectivity index (χ1) is 10.0. The van der Waals surface area contributed by atoms with Crippen LogP contribution in [0, 0.1) is 6.92 Å². The van der Waals surface area contributed by atoms with Gasteiger partial charge in [-0.05, 0) is 57.9 Å². The number of likely N-dealkylation sites (N-methyl/N-ethyl adjacent to an activating group) is 1. The van der Waals surface area contributed by atoms with E-state index in [0.717, 1.165) is 17.4 Å². The Hall–Kier alpha value is -2.04. The fourth-order valence-corrected chi connectivity index (χ4v) is 2.17. The molecule has 0 N–H and O–H groups in total. The number of carbonyl (C=O) groups is 2. The molecule has 0 aromatic heterocycles. The fourth-order valence-electron chi connectivity index (χ4n) is 2.17. The third-order valence-corrected chi connectivity index (χ3v) is 3.57. The molecule has 0 saturated carbocycles. The number of nitrogens with zero attached hydrogens (tertiary/aromatic N) is 1. The SMILES string of the molecule is COc1ccc(C(C)(C=O)N(C)C(=O)OC(C)(C)C)c(C)c1. The van der Waals surface area contributed by atoms with Crippen LogP contribution in [0.4, 0.5) is 4.79 Å². The summed E-state index contributed by atoms with van der Waals surface area (Å²) >= 11 is 0. The van der Waals surface area contributed by atoms with Gasteiger partial charge in [-0.1, -0.05) is 6.07 Å². The van der Waals surface area contributed by atoms with Gasteiger partial charge in [-0.2, -0.15) is 0 Å². The van der Waals surface area contributed by atoms with E-state index in [-0.39, 0.29) is 0 Å². The van der Waals surface area contributed by atoms with Crippen molar-refractivity contribution in [3.05, 3.63) is 29.3 Å². The Morgan fingerprint density at radius 2 is 1.82 bits per heavy atom. The van der Waals surface area contributed by atoms with Crippen LogP contribution in [0.25, 0.3) is 0 Å². The molecule has 1 unspecified atom stereocenters. The average Bonchev–Trinajstić information content (AvgIpc) is 2.43. The van der Waals surface area contributed by atoms with Crippen LogP contribution < -0.4 is 4.74 Å². The standard InChI is InChI=1S/C17H25NO4/c1-12-10-13(21-7)8-9-14(12)17(5,11-19)18(6)15(20)22-16(2,3)4/h8-11H,1-7H3. The maximum atomic E-state index is 12.3. The molecule has 0 aliphatic heterocycles. The second kappa shape index (κ2) is 6.38. The molecule has 1 amide bonds. The smallest absolute Gasteiger partial charge is 0.411 e. The van der Waals surface area contributed by atoms with E-state index in [2.05, 4.69) is 0 Å². The van der Waals surface area contributed by atoms with Gasteiger partial charge in [0.15, 0.2) is 0 Å². The second-order valence-corrected chi connectivity index (χ2v) is 6.49. The maximum Gasteiger partial charge on any atom is 0.411 e. The maximum absolute atomic E-state index is 12.3. The van der Waals surface area contributed by atoms with E-state index in [1.54, 1.807) is 54.0 Å². The second-order valence-electron chi connectivity index (χ2n) is 6.49. The van der Waals surface area contributed by atoms with Gasteiger partial charge < -0.3 is 14.3 Å². The highest BCUT2D eigenvalue weighted by Crippen LogP contribution is 2.31. The van der Waals surface area contributed by atoms with Gasteiger partial charge in [-0.3, -0.25) is 4.90 Å². The van der Waals surface area contributed by atoms with E-state index in [4.69, 9.17) is 9.47 Å². The zero-order chi connectivity index (χ0) is 17.1. The van der Waals surface area contributed by atoms with E-state index in [9.17, 15) is 9.59 Å². The summed E-state index contributed by atoms with van der Waals surface area (Å²) in [5, 5.41) is 0. The summed E-state index contributed by atoms with van der Waals surface area (Å²) in [4.78, 5) is 25.4. The first-order valence-electron chi connectivity index (χ1n) is 7.13. The summed E-state index contributed by atoms with van der Waals surface area (Å²) < 4.78 is 10.5. The van der Waals surface area contributed by atoms with Gasteiger partial charge in [0.2, 0.25) is 0 Å². The number of ether oxygens (including phenoxy) is 2. The first-order valence-corrected chi connectivity index (χ1v) is 7.13. The zero-order valence-corrected chi connectivity index (χ0v) is 14.4. The molecule has 0 radical (unpaired) electrons. The van der Waals surface area contributed by atoms with Crippen LogP contribution in [0.1, 0.15) is 38.8 Å². The van der Waals surface area contributed by atoms with Crippen LogP contribution in [0.2, 0.25) is 0 Å². The Balaban J connectivity index is 3.20. The molecule has 1 rings (SSSR count). The van der Waals surface area contributed by atoms with Crippen molar-refractivity contribution in [1.82, 2.24) is 4.90 Å². The van der Waals surface area contributed by atoms with E-state index < -0.39 is 17.2 Å². The van der Waals surface area contributed by atoms with Crippen LogP contribution in [0.3, 0.4) is 0 Å². The summed E-state index contributed by atoms with van der Waals surface area (Å²) in [5.41, 5.74) is -0.135. The molecule has 1 atom stereocenters. The zero-order valence-electron chi connectivity index (χ0n) is 14.4. The van der Waals surface area contributed by atoms with Crippen molar-refractivity contribution in [2.75, 3.05) is 14.2 Å². The predicted octanol–water partition coefficient (Wildman–Crippen LogP) is 3.28. The number of aldehydes is 1. The van der Waals surface area contributed by atoms with Crippen molar-refractivity contribution in [3.8, 4) is 5.75 Å². The molecule has 0 spiro atoms. The topological polar surface area (TPSA) is 55.8 Å². The summed E-state index contributed by atoms with van der Waals surface area (Å²) in [6.45, 7) is 8.93.